The zero-order valence-electron chi connectivity index (χ0n) is 8.70. The van der Waals surface area contributed by atoms with Crippen molar-refractivity contribution in [1.29, 1.82) is 0 Å². The lowest BCUT2D eigenvalue weighted by Gasteiger charge is -2.10. The molecule has 1 aromatic carbocycles. The van der Waals surface area contributed by atoms with Gasteiger partial charge in [0.05, 0.1) is 0 Å². The number of nitrogens with one attached hydrogen (secondary N) is 1. The van der Waals surface area contributed by atoms with Gasteiger partial charge in [-0.25, -0.2) is 8.78 Å². The van der Waals surface area contributed by atoms with Crippen LogP contribution in [0, 0.1) is 18.6 Å². The van der Waals surface area contributed by atoms with Crippen molar-refractivity contribution in [2.75, 3.05) is 0 Å². The van der Waals surface area contributed by atoms with E-state index in [2.05, 4.69) is 5.32 Å². The van der Waals surface area contributed by atoms with E-state index in [1.54, 1.807) is 6.92 Å². The van der Waals surface area contributed by atoms with E-state index >= 15 is 0 Å². The van der Waals surface area contributed by atoms with Crippen LogP contribution in [-0.4, -0.2) is 6.04 Å². The van der Waals surface area contributed by atoms with Gasteiger partial charge in [-0.15, -0.1) is 0 Å². The molecule has 0 heterocycles. The fourth-order valence-corrected chi connectivity index (χ4v) is 1.18. The molecule has 1 nitrogen and oxygen atoms in total. The Kier molecular flexibility index (Phi) is 3.58. The third-order valence-electron chi connectivity index (χ3n) is 2.07. The number of aryl methyl sites for hydroxylation is 1. The van der Waals surface area contributed by atoms with Gasteiger partial charge in [-0.05, 0) is 18.6 Å². The standard InChI is InChI=1S/C11H15F2N/c1-7(2)14-6-9-10(12)5-4-8(3)11(9)13/h4-5,7,14H,6H2,1-3H3. The first-order valence-electron chi connectivity index (χ1n) is 4.69. The van der Waals surface area contributed by atoms with Gasteiger partial charge < -0.3 is 5.32 Å². The molecule has 0 bridgehead atoms. The van der Waals surface area contributed by atoms with Gasteiger partial charge in [-0.3, -0.25) is 0 Å². The summed E-state index contributed by atoms with van der Waals surface area (Å²) in [7, 11) is 0. The average Bonchev–Trinajstić information content (AvgIpc) is 2.11. The largest absolute Gasteiger partial charge is 0.310 e. The molecule has 1 aromatic rings. The van der Waals surface area contributed by atoms with Crippen LogP contribution in [0.25, 0.3) is 0 Å². The number of halogens is 2. The van der Waals surface area contributed by atoms with Gasteiger partial charge >= 0.3 is 0 Å². The molecular weight excluding hydrogens is 184 g/mol. The van der Waals surface area contributed by atoms with Gasteiger partial charge in [0.2, 0.25) is 0 Å². The Morgan fingerprint density at radius 3 is 2.50 bits per heavy atom. The molecule has 14 heavy (non-hydrogen) atoms. The second-order valence-corrected chi connectivity index (χ2v) is 3.69. The maximum atomic E-state index is 13.4. The highest BCUT2D eigenvalue weighted by Gasteiger charge is 2.10. The molecule has 0 amide bonds. The fourth-order valence-electron chi connectivity index (χ4n) is 1.18. The Hall–Kier alpha value is -0.960. The number of rotatable bonds is 3. The summed E-state index contributed by atoms with van der Waals surface area (Å²) in [6.45, 7) is 5.74. The van der Waals surface area contributed by atoms with Crippen LogP contribution in [0.1, 0.15) is 25.0 Å². The van der Waals surface area contributed by atoms with Crippen molar-refractivity contribution in [2.45, 2.75) is 33.4 Å². The first-order chi connectivity index (χ1) is 6.52. The van der Waals surface area contributed by atoms with Crippen molar-refractivity contribution in [3.8, 4) is 0 Å². The molecule has 78 valence electrons. The van der Waals surface area contributed by atoms with Gasteiger partial charge in [0.15, 0.2) is 0 Å². The minimum atomic E-state index is -0.485. The molecule has 0 fully saturated rings. The Balaban J connectivity index is 2.89. The van der Waals surface area contributed by atoms with E-state index in [1.807, 2.05) is 13.8 Å². The SMILES string of the molecule is Cc1ccc(F)c(CNC(C)C)c1F. The summed E-state index contributed by atoms with van der Waals surface area (Å²) in [5, 5.41) is 2.99. The summed E-state index contributed by atoms with van der Waals surface area (Å²) in [5.74, 6) is -0.931. The van der Waals surface area contributed by atoms with E-state index in [1.165, 1.54) is 12.1 Å². The predicted octanol–water partition coefficient (Wildman–Crippen LogP) is 2.77. The molecule has 0 spiro atoms. The molecule has 0 unspecified atom stereocenters. The zero-order valence-corrected chi connectivity index (χ0v) is 8.70. The third kappa shape index (κ3) is 2.51. The van der Waals surface area contributed by atoms with Gasteiger partial charge in [0.1, 0.15) is 11.6 Å². The van der Waals surface area contributed by atoms with Crippen LogP contribution in [-0.2, 0) is 6.54 Å². The first-order valence-corrected chi connectivity index (χ1v) is 4.69. The monoisotopic (exact) mass is 199 g/mol. The van der Waals surface area contributed by atoms with Crippen LogP contribution >= 0.6 is 0 Å². The lowest BCUT2D eigenvalue weighted by molar-refractivity contribution is 0.511. The predicted molar refractivity (Wildman–Crippen MR) is 53.1 cm³/mol. The minimum Gasteiger partial charge on any atom is -0.310 e. The molecule has 0 radical (unpaired) electrons. The van der Waals surface area contributed by atoms with E-state index in [-0.39, 0.29) is 18.2 Å². The van der Waals surface area contributed by atoms with E-state index in [9.17, 15) is 8.78 Å². The van der Waals surface area contributed by atoms with Gasteiger partial charge in [-0.1, -0.05) is 19.9 Å². The molecule has 0 aliphatic heterocycles. The molecular formula is C11H15F2N. The lowest BCUT2D eigenvalue weighted by atomic mass is 10.1. The van der Waals surface area contributed by atoms with Crippen LogP contribution in [0.2, 0.25) is 0 Å². The van der Waals surface area contributed by atoms with Crippen molar-refractivity contribution < 1.29 is 8.78 Å². The topological polar surface area (TPSA) is 12.0 Å². The van der Waals surface area contributed by atoms with Crippen LogP contribution in [0.4, 0.5) is 8.78 Å². The quantitative estimate of drug-likeness (QED) is 0.789. The van der Waals surface area contributed by atoms with Gasteiger partial charge in [-0.2, -0.15) is 0 Å². The molecule has 3 heteroatoms. The molecule has 1 N–H and O–H groups in total. The van der Waals surface area contributed by atoms with Gasteiger partial charge in [0.25, 0.3) is 0 Å². The molecule has 0 atom stereocenters. The Bertz CT molecular complexity index is 321. The Morgan fingerprint density at radius 1 is 1.29 bits per heavy atom. The van der Waals surface area contributed by atoms with Crippen molar-refractivity contribution in [3.63, 3.8) is 0 Å². The Morgan fingerprint density at radius 2 is 1.93 bits per heavy atom. The zero-order chi connectivity index (χ0) is 10.7. The maximum absolute atomic E-state index is 13.4. The minimum absolute atomic E-state index is 0.124. The summed E-state index contributed by atoms with van der Waals surface area (Å²) in [6.07, 6.45) is 0. The van der Waals surface area contributed by atoms with E-state index < -0.39 is 11.6 Å². The first kappa shape index (κ1) is 11.1. The second kappa shape index (κ2) is 4.51. The number of hydrogen-bond donors (Lipinski definition) is 1. The molecule has 1 rings (SSSR count). The smallest absolute Gasteiger partial charge is 0.133 e. The molecule has 0 aliphatic carbocycles. The summed E-state index contributed by atoms with van der Waals surface area (Å²) < 4.78 is 26.6. The fraction of sp³-hybridized carbons (Fsp3) is 0.455. The normalized spacial score (nSPS) is 11.0. The van der Waals surface area contributed by atoms with E-state index in [0.717, 1.165) is 0 Å². The van der Waals surface area contributed by atoms with Gasteiger partial charge in [0, 0.05) is 18.2 Å². The highest BCUT2D eigenvalue weighted by Crippen LogP contribution is 2.15. The summed E-state index contributed by atoms with van der Waals surface area (Å²) in [6, 6.07) is 2.97. The number of benzene rings is 1. The van der Waals surface area contributed by atoms with E-state index in [0.29, 0.717) is 5.56 Å². The third-order valence-corrected chi connectivity index (χ3v) is 2.07. The molecule has 0 saturated carbocycles. The molecule has 0 aliphatic rings. The lowest BCUT2D eigenvalue weighted by Crippen LogP contribution is -2.23. The maximum Gasteiger partial charge on any atom is 0.133 e. The van der Waals surface area contributed by atoms with Crippen LogP contribution in [0.15, 0.2) is 12.1 Å². The van der Waals surface area contributed by atoms with Crippen LogP contribution in [0.3, 0.4) is 0 Å². The average molecular weight is 199 g/mol. The highest BCUT2D eigenvalue weighted by atomic mass is 19.1. The summed E-state index contributed by atoms with van der Waals surface area (Å²) in [5.41, 5.74) is 0.602. The van der Waals surface area contributed by atoms with Crippen molar-refractivity contribution >= 4 is 0 Å². The molecule has 0 aromatic heterocycles. The highest BCUT2D eigenvalue weighted by molar-refractivity contribution is 5.26. The second-order valence-electron chi connectivity index (χ2n) is 3.69. The Labute approximate surface area is 83.1 Å². The van der Waals surface area contributed by atoms with Crippen LogP contribution < -0.4 is 5.32 Å². The van der Waals surface area contributed by atoms with Crippen molar-refractivity contribution in [2.24, 2.45) is 0 Å². The summed E-state index contributed by atoms with van der Waals surface area (Å²) in [4.78, 5) is 0. The van der Waals surface area contributed by atoms with Crippen LogP contribution in [0.5, 0.6) is 0 Å². The summed E-state index contributed by atoms with van der Waals surface area (Å²) >= 11 is 0. The van der Waals surface area contributed by atoms with Crippen molar-refractivity contribution in [3.05, 3.63) is 34.9 Å². The molecule has 0 saturated heterocycles. The van der Waals surface area contributed by atoms with E-state index in [4.69, 9.17) is 0 Å². The number of hydrogen-bond acceptors (Lipinski definition) is 1. The van der Waals surface area contributed by atoms with Crippen molar-refractivity contribution in [1.82, 2.24) is 5.32 Å².